The molecule has 5 heteroatoms. The van der Waals surface area contributed by atoms with E-state index in [1.165, 1.54) is 38.2 Å². The molecule has 3 nitrogen and oxygen atoms in total. The average molecular weight is 305 g/mol. The van der Waals surface area contributed by atoms with Crippen molar-refractivity contribution in [2.24, 2.45) is 5.92 Å². The number of imidazole rings is 1. The van der Waals surface area contributed by atoms with Crippen molar-refractivity contribution in [1.82, 2.24) is 14.9 Å². The van der Waals surface area contributed by atoms with Gasteiger partial charge in [-0.05, 0) is 51.6 Å². The number of hydrogen-bond acceptors (Lipinski definition) is 2. The average Bonchev–Trinajstić information content (AvgIpc) is 3.26. The molecule has 1 aromatic heterocycles. The molecule has 1 aliphatic carbocycles. The number of aryl methyl sites for hydroxylation is 1. The predicted molar refractivity (Wildman–Crippen MR) is 81.6 cm³/mol. The molecule has 118 valence electrons. The summed E-state index contributed by atoms with van der Waals surface area (Å²) in [6, 6.07) is 1.51. The van der Waals surface area contributed by atoms with Gasteiger partial charge in [-0.3, -0.25) is 4.90 Å². The molecule has 1 atom stereocenters. The van der Waals surface area contributed by atoms with Crippen LogP contribution < -0.4 is 0 Å². The summed E-state index contributed by atoms with van der Waals surface area (Å²) in [5.74, 6) is -0.0752. The van der Waals surface area contributed by atoms with Crippen LogP contribution in [-0.4, -0.2) is 28.0 Å². The molecule has 4 rings (SSSR count). The first kappa shape index (κ1) is 14.1. The lowest BCUT2D eigenvalue weighted by Gasteiger charge is -2.33. The Morgan fingerprint density at radius 3 is 2.64 bits per heavy atom. The Labute approximate surface area is 128 Å². The molecule has 1 N–H and O–H groups in total. The van der Waals surface area contributed by atoms with E-state index in [1.807, 2.05) is 0 Å². The van der Waals surface area contributed by atoms with Crippen LogP contribution in [0.25, 0.3) is 11.0 Å². The van der Waals surface area contributed by atoms with Crippen LogP contribution in [0.4, 0.5) is 8.78 Å². The highest BCUT2D eigenvalue weighted by Crippen LogP contribution is 2.45. The zero-order chi connectivity index (χ0) is 15.3. The summed E-state index contributed by atoms with van der Waals surface area (Å²) >= 11 is 0. The van der Waals surface area contributed by atoms with Crippen molar-refractivity contribution in [3.63, 3.8) is 0 Å². The van der Waals surface area contributed by atoms with E-state index in [2.05, 4.69) is 14.9 Å². The maximum Gasteiger partial charge on any atom is 0.164 e. The van der Waals surface area contributed by atoms with Gasteiger partial charge in [-0.2, -0.15) is 0 Å². The van der Waals surface area contributed by atoms with Crippen LogP contribution in [0.5, 0.6) is 0 Å². The van der Waals surface area contributed by atoms with Crippen molar-refractivity contribution in [2.45, 2.75) is 45.1 Å². The number of rotatable bonds is 3. The number of benzene rings is 1. The number of fused-ring (bicyclic) bond motifs is 1. The first-order valence-corrected chi connectivity index (χ1v) is 8.23. The minimum absolute atomic E-state index is 0.276. The molecule has 0 bridgehead atoms. The highest BCUT2D eigenvalue weighted by atomic mass is 19.2. The molecule has 1 aliphatic heterocycles. The number of piperidine rings is 1. The molecule has 2 aliphatic rings. The van der Waals surface area contributed by atoms with Crippen LogP contribution in [0.1, 0.15) is 49.5 Å². The number of halogens is 2. The maximum atomic E-state index is 13.8. The van der Waals surface area contributed by atoms with Crippen LogP contribution in [-0.2, 0) is 0 Å². The maximum absolute atomic E-state index is 13.8. The number of hydrogen-bond donors (Lipinski definition) is 1. The lowest BCUT2D eigenvalue weighted by Crippen LogP contribution is -2.35. The number of likely N-dealkylation sites (tertiary alicyclic amines) is 1. The fraction of sp³-hybridized carbons (Fsp3) is 0.588. The standard InChI is InChI=1S/C17H21F2N3/c1-10-14(19)12(18)9-13-15(10)21-17(20-13)16(11-5-6-11)22-7-3-2-4-8-22/h9,11,16H,2-8H2,1H3,(H,20,21). The lowest BCUT2D eigenvalue weighted by molar-refractivity contribution is 0.141. The Balaban J connectivity index is 1.76. The van der Waals surface area contributed by atoms with Gasteiger partial charge in [0, 0.05) is 11.6 Å². The second kappa shape index (κ2) is 5.30. The molecule has 2 fully saturated rings. The van der Waals surface area contributed by atoms with Gasteiger partial charge in [0.2, 0.25) is 0 Å². The zero-order valence-electron chi connectivity index (χ0n) is 12.8. The van der Waals surface area contributed by atoms with E-state index < -0.39 is 11.6 Å². The molecule has 1 saturated heterocycles. The molecule has 0 amide bonds. The molecule has 0 radical (unpaired) electrons. The van der Waals surface area contributed by atoms with Crippen LogP contribution >= 0.6 is 0 Å². The minimum Gasteiger partial charge on any atom is -0.341 e. The fourth-order valence-corrected chi connectivity index (χ4v) is 3.71. The van der Waals surface area contributed by atoms with Gasteiger partial charge in [0.15, 0.2) is 11.6 Å². The van der Waals surface area contributed by atoms with E-state index in [4.69, 9.17) is 0 Å². The smallest absolute Gasteiger partial charge is 0.164 e. The van der Waals surface area contributed by atoms with E-state index in [0.29, 0.717) is 22.5 Å². The fourth-order valence-electron chi connectivity index (χ4n) is 3.71. The summed E-state index contributed by atoms with van der Waals surface area (Å²) in [4.78, 5) is 10.4. The zero-order valence-corrected chi connectivity index (χ0v) is 12.8. The molecule has 1 saturated carbocycles. The number of aromatic amines is 1. The summed E-state index contributed by atoms with van der Waals surface area (Å²) in [5, 5.41) is 0. The van der Waals surface area contributed by atoms with Crippen molar-refractivity contribution in [1.29, 1.82) is 0 Å². The Bertz CT molecular complexity index is 699. The second-order valence-electron chi connectivity index (χ2n) is 6.69. The molecule has 1 unspecified atom stereocenters. The summed E-state index contributed by atoms with van der Waals surface area (Å²) in [6.45, 7) is 3.79. The first-order chi connectivity index (χ1) is 10.6. The van der Waals surface area contributed by atoms with Crippen LogP contribution in [0.3, 0.4) is 0 Å². The van der Waals surface area contributed by atoms with E-state index in [-0.39, 0.29) is 6.04 Å². The van der Waals surface area contributed by atoms with Gasteiger partial charge in [0.25, 0.3) is 0 Å². The quantitative estimate of drug-likeness (QED) is 0.926. The Morgan fingerprint density at radius 2 is 1.95 bits per heavy atom. The molecule has 1 aromatic carbocycles. The van der Waals surface area contributed by atoms with E-state index in [0.717, 1.165) is 18.9 Å². The predicted octanol–water partition coefficient (Wildman–Crippen LogP) is 4.09. The van der Waals surface area contributed by atoms with Crippen LogP contribution in [0.2, 0.25) is 0 Å². The Hall–Kier alpha value is -1.49. The highest BCUT2D eigenvalue weighted by molar-refractivity contribution is 5.79. The summed E-state index contributed by atoms with van der Waals surface area (Å²) in [5.41, 5.74) is 1.47. The van der Waals surface area contributed by atoms with Crippen molar-refractivity contribution in [3.05, 3.63) is 29.1 Å². The van der Waals surface area contributed by atoms with Crippen molar-refractivity contribution >= 4 is 11.0 Å². The van der Waals surface area contributed by atoms with Crippen LogP contribution in [0.15, 0.2) is 6.07 Å². The SMILES string of the molecule is Cc1c(F)c(F)cc2[nH]c(C(C3CC3)N3CCCCC3)nc12. The van der Waals surface area contributed by atoms with E-state index >= 15 is 0 Å². The Morgan fingerprint density at radius 1 is 1.23 bits per heavy atom. The minimum atomic E-state index is -0.804. The summed E-state index contributed by atoms with van der Waals surface area (Å²) < 4.78 is 27.4. The normalized spacial score (nSPS) is 21.4. The molecule has 2 heterocycles. The van der Waals surface area contributed by atoms with Gasteiger partial charge >= 0.3 is 0 Å². The van der Waals surface area contributed by atoms with E-state index in [1.54, 1.807) is 6.92 Å². The highest BCUT2D eigenvalue weighted by Gasteiger charge is 2.38. The number of H-pyrrole nitrogens is 1. The van der Waals surface area contributed by atoms with Gasteiger partial charge in [-0.1, -0.05) is 6.42 Å². The third-order valence-corrected chi connectivity index (χ3v) is 5.05. The molecular formula is C17H21F2N3. The third-order valence-electron chi connectivity index (χ3n) is 5.05. The molecular weight excluding hydrogens is 284 g/mol. The third kappa shape index (κ3) is 2.32. The summed E-state index contributed by atoms with van der Waals surface area (Å²) in [6.07, 6.45) is 6.20. The topological polar surface area (TPSA) is 31.9 Å². The van der Waals surface area contributed by atoms with Gasteiger partial charge < -0.3 is 4.98 Å². The number of nitrogens with one attached hydrogen (secondary N) is 1. The Kier molecular flexibility index (Phi) is 3.40. The van der Waals surface area contributed by atoms with Crippen molar-refractivity contribution in [3.8, 4) is 0 Å². The van der Waals surface area contributed by atoms with Crippen molar-refractivity contribution < 1.29 is 8.78 Å². The molecule has 0 spiro atoms. The largest absolute Gasteiger partial charge is 0.341 e. The molecule has 22 heavy (non-hydrogen) atoms. The van der Waals surface area contributed by atoms with Gasteiger partial charge in [-0.25, -0.2) is 13.8 Å². The second-order valence-corrected chi connectivity index (χ2v) is 6.69. The molecule has 2 aromatic rings. The monoisotopic (exact) mass is 305 g/mol. The number of nitrogens with zero attached hydrogens (tertiary/aromatic N) is 2. The lowest BCUT2D eigenvalue weighted by atomic mass is 10.0. The van der Waals surface area contributed by atoms with E-state index in [9.17, 15) is 8.78 Å². The van der Waals surface area contributed by atoms with Gasteiger partial charge in [-0.15, -0.1) is 0 Å². The number of aromatic nitrogens is 2. The van der Waals surface area contributed by atoms with Gasteiger partial charge in [0.1, 0.15) is 5.82 Å². The van der Waals surface area contributed by atoms with Crippen molar-refractivity contribution in [2.75, 3.05) is 13.1 Å². The summed E-state index contributed by atoms with van der Waals surface area (Å²) in [7, 11) is 0. The van der Waals surface area contributed by atoms with Gasteiger partial charge in [0.05, 0.1) is 17.1 Å². The first-order valence-electron chi connectivity index (χ1n) is 8.23. The van der Waals surface area contributed by atoms with Crippen LogP contribution in [0, 0.1) is 24.5 Å².